The summed E-state index contributed by atoms with van der Waals surface area (Å²) >= 11 is 1.40. The summed E-state index contributed by atoms with van der Waals surface area (Å²) in [6.45, 7) is 2.16. The van der Waals surface area contributed by atoms with Crippen molar-refractivity contribution in [3.8, 4) is 0 Å². The summed E-state index contributed by atoms with van der Waals surface area (Å²) in [5, 5.41) is 3.96. The summed E-state index contributed by atoms with van der Waals surface area (Å²) in [6.07, 6.45) is 3.02. The second-order valence-corrected chi connectivity index (χ2v) is 5.85. The molecule has 1 aliphatic heterocycles. The fraction of sp³-hybridized carbons (Fsp3) is 0.750. The minimum Gasteiger partial charge on any atom is -0.384 e. The van der Waals surface area contributed by atoms with Crippen molar-refractivity contribution >= 4 is 22.6 Å². The Bertz CT molecular complexity index is 454. The molecule has 0 aromatic carbocycles. The number of amides is 1. The van der Waals surface area contributed by atoms with Gasteiger partial charge in [0.15, 0.2) is 0 Å². The number of ether oxygens (including phenoxy) is 1. The molecule has 1 saturated carbocycles. The Morgan fingerprint density at radius 1 is 1.53 bits per heavy atom. The molecule has 1 N–H and O–H groups in total. The molecule has 2 aliphatic rings. The van der Waals surface area contributed by atoms with E-state index in [-0.39, 0.29) is 11.8 Å². The smallest absolute Gasteiger partial charge is 0.226 e. The lowest BCUT2D eigenvalue weighted by atomic mass is 10.00. The highest BCUT2D eigenvalue weighted by molar-refractivity contribution is 7.09. The van der Waals surface area contributed by atoms with Gasteiger partial charge in [0.1, 0.15) is 5.82 Å². The van der Waals surface area contributed by atoms with Gasteiger partial charge in [-0.1, -0.05) is 0 Å². The van der Waals surface area contributed by atoms with Gasteiger partial charge in [0.2, 0.25) is 11.0 Å². The van der Waals surface area contributed by atoms with Crippen molar-refractivity contribution in [2.24, 2.45) is 5.92 Å². The number of carbonyl (C=O) groups excluding carboxylic acids is 1. The van der Waals surface area contributed by atoms with E-state index >= 15 is 0 Å². The molecule has 1 aromatic heterocycles. The number of hydrogen-bond donors (Lipinski definition) is 1. The van der Waals surface area contributed by atoms with Gasteiger partial charge in [-0.3, -0.25) is 4.79 Å². The van der Waals surface area contributed by atoms with Crippen molar-refractivity contribution in [2.45, 2.75) is 25.3 Å². The average molecular weight is 282 g/mol. The SMILES string of the molecule is COCCc1nsc(N2CC(C(=O)NC3CC3)C2)n1. The Morgan fingerprint density at radius 2 is 2.32 bits per heavy atom. The number of carbonyl (C=O) groups is 1. The maximum atomic E-state index is 11.8. The van der Waals surface area contributed by atoms with E-state index in [0.29, 0.717) is 12.6 Å². The Morgan fingerprint density at radius 3 is 3.00 bits per heavy atom. The summed E-state index contributed by atoms with van der Waals surface area (Å²) in [7, 11) is 1.67. The number of methoxy groups -OCH3 is 1. The first-order valence-corrected chi connectivity index (χ1v) is 7.40. The normalized spacial score (nSPS) is 19.3. The first-order chi connectivity index (χ1) is 9.26. The Kier molecular flexibility index (Phi) is 3.65. The van der Waals surface area contributed by atoms with Crippen LogP contribution in [-0.2, 0) is 16.0 Å². The minimum atomic E-state index is 0.118. The van der Waals surface area contributed by atoms with E-state index in [9.17, 15) is 4.79 Å². The Balaban J connectivity index is 1.46. The fourth-order valence-corrected chi connectivity index (χ4v) is 2.75. The highest BCUT2D eigenvalue weighted by Crippen LogP contribution is 2.27. The third-order valence-electron chi connectivity index (χ3n) is 3.43. The van der Waals surface area contributed by atoms with Crippen LogP contribution >= 0.6 is 11.5 Å². The zero-order valence-corrected chi connectivity index (χ0v) is 11.8. The first-order valence-electron chi connectivity index (χ1n) is 6.63. The number of anilines is 1. The van der Waals surface area contributed by atoms with E-state index in [0.717, 1.165) is 43.3 Å². The van der Waals surface area contributed by atoms with Gasteiger partial charge in [-0.15, -0.1) is 0 Å². The Labute approximate surface area is 116 Å². The molecular weight excluding hydrogens is 264 g/mol. The highest BCUT2D eigenvalue weighted by atomic mass is 32.1. The standard InChI is InChI=1S/C12H18N4O2S/c1-18-5-4-10-14-12(19-15-10)16-6-8(7-16)11(17)13-9-2-3-9/h8-9H,2-7H2,1H3,(H,13,17). The van der Waals surface area contributed by atoms with Gasteiger partial charge in [-0.25, -0.2) is 4.98 Å². The molecule has 1 amide bonds. The third kappa shape index (κ3) is 3.03. The minimum absolute atomic E-state index is 0.118. The molecule has 104 valence electrons. The van der Waals surface area contributed by atoms with Crippen LogP contribution in [0.2, 0.25) is 0 Å². The molecule has 6 nitrogen and oxygen atoms in total. The van der Waals surface area contributed by atoms with Gasteiger partial charge in [-0.05, 0) is 12.8 Å². The van der Waals surface area contributed by atoms with Crippen LogP contribution in [0.1, 0.15) is 18.7 Å². The lowest BCUT2D eigenvalue weighted by Crippen LogP contribution is -2.54. The molecule has 1 saturated heterocycles. The summed E-state index contributed by atoms with van der Waals surface area (Å²) in [6, 6.07) is 0.448. The molecule has 2 heterocycles. The lowest BCUT2D eigenvalue weighted by molar-refractivity contribution is -0.125. The van der Waals surface area contributed by atoms with Crippen molar-refractivity contribution in [1.29, 1.82) is 0 Å². The van der Waals surface area contributed by atoms with Gasteiger partial charge < -0.3 is 15.0 Å². The molecular formula is C12H18N4O2S. The zero-order valence-electron chi connectivity index (χ0n) is 11.0. The predicted octanol–water partition coefficient (Wildman–Crippen LogP) is 0.442. The van der Waals surface area contributed by atoms with Crippen LogP contribution < -0.4 is 10.2 Å². The fourth-order valence-electron chi connectivity index (χ4n) is 2.02. The molecule has 19 heavy (non-hydrogen) atoms. The first kappa shape index (κ1) is 12.8. The van der Waals surface area contributed by atoms with Crippen molar-refractivity contribution in [3.63, 3.8) is 0 Å². The summed E-state index contributed by atoms with van der Waals surface area (Å²) < 4.78 is 9.30. The molecule has 1 aliphatic carbocycles. The van der Waals surface area contributed by atoms with Gasteiger partial charge in [0.05, 0.1) is 12.5 Å². The third-order valence-corrected chi connectivity index (χ3v) is 4.25. The van der Waals surface area contributed by atoms with E-state index in [1.165, 1.54) is 11.5 Å². The van der Waals surface area contributed by atoms with E-state index in [1.54, 1.807) is 7.11 Å². The van der Waals surface area contributed by atoms with E-state index in [1.807, 2.05) is 0 Å². The van der Waals surface area contributed by atoms with Gasteiger partial charge in [0.25, 0.3) is 0 Å². The van der Waals surface area contributed by atoms with Crippen LogP contribution in [0.4, 0.5) is 5.13 Å². The second kappa shape index (κ2) is 5.42. The van der Waals surface area contributed by atoms with E-state index in [4.69, 9.17) is 4.74 Å². The maximum absolute atomic E-state index is 11.8. The molecule has 2 fully saturated rings. The molecule has 0 radical (unpaired) electrons. The van der Waals surface area contributed by atoms with Gasteiger partial charge >= 0.3 is 0 Å². The molecule has 0 unspecified atom stereocenters. The summed E-state index contributed by atoms with van der Waals surface area (Å²) in [5.74, 6) is 1.14. The topological polar surface area (TPSA) is 67.3 Å². The van der Waals surface area contributed by atoms with Crippen LogP contribution in [0.15, 0.2) is 0 Å². The largest absolute Gasteiger partial charge is 0.384 e. The monoisotopic (exact) mass is 282 g/mol. The van der Waals surface area contributed by atoms with Crippen LogP contribution in [0.5, 0.6) is 0 Å². The molecule has 0 atom stereocenters. The van der Waals surface area contributed by atoms with Gasteiger partial charge in [0, 0.05) is 44.2 Å². The second-order valence-electron chi connectivity index (χ2n) is 5.12. The number of aromatic nitrogens is 2. The van der Waals surface area contributed by atoms with Crippen molar-refractivity contribution in [1.82, 2.24) is 14.7 Å². The van der Waals surface area contributed by atoms with Crippen LogP contribution in [0, 0.1) is 5.92 Å². The number of rotatable bonds is 6. The van der Waals surface area contributed by atoms with Crippen molar-refractivity contribution < 1.29 is 9.53 Å². The molecule has 1 aromatic rings. The summed E-state index contributed by atoms with van der Waals surface area (Å²) in [5.41, 5.74) is 0. The van der Waals surface area contributed by atoms with E-state index < -0.39 is 0 Å². The van der Waals surface area contributed by atoms with Gasteiger partial charge in [-0.2, -0.15) is 4.37 Å². The zero-order chi connectivity index (χ0) is 13.2. The molecule has 0 bridgehead atoms. The van der Waals surface area contributed by atoms with Crippen LogP contribution in [0.25, 0.3) is 0 Å². The Hall–Kier alpha value is -1.21. The van der Waals surface area contributed by atoms with E-state index in [2.05, 4.69) is 19.6 Å². The van der Waals surface area contributed by atoms with Crippen molar-refractivity contribution in [3.05, 3.63) is 5.82 Å². The summed E-state index contributed by atoms with van der Waals surface area (Å²) in [4.78, 5) is 18.4. The number of nitrogens with one attached hydrogen (secondary N) is 1. The molecule has 7 heteroatoms. The number of hydrogen-bond acceptors (Lipinski definition) is 6. The predicted molar refractivity (Wildman–Crippen MR) is 72.4 cm³/mol. The molecule has 3 rings (SSSR count). The molecule has 0 spiro atoms. The maximum Gasteiger partial charge on any atom is 0.226 e. The average Bonchev–Trinajstić information content (AvgIpc) is 3.02. The highest BCUT2D eigenvalue weighted by Gasteiger charge is 2.36. The number of nitrogens with zero attached hydrogens (tertiary/aromatic N) is 3. The quantitative estimate of drug-likeness (QED) is 0.820. The van der Waals surface area contributed by atoms with Crippen LogP contribution in [0.3, 0.4) is 0 Å². The lowest BCUT2D eigenvalue weighted by Gasteiger charge is -2.37. The van der Waals surface area contributed by atoms with Crippen molar-refractivity contribution in [2.75, 3.05) is 31.7 Å². The van der Waals surface area contributed by atoms with Crippen LogP contribution in [-0.4, -0.2) is 48.1 Å².